The molecule has 0 spiro atoms. The molecule has 4 aromatic rings. The third-order valence-electron chi connectivity index (χ3n) is 5.43. The Morgan fingerprint density at radius 3 is 3.00 bits per heavy atom. The van der Waals surface area contributed by atoms with Gasteiger partial charge in [-0.1, -0.05) is 12.5 Å². The zero-order valence-electron chi connectivity index (χ0n) is 16.2. The quantitative estimate of drug-likeness (QED) is 0.460. The van der Waals surface area contributed by atoms with Crippen molar-refractivity contribution in [3.8, 4) is 17.2 Å². The molecule has 29 heavy (non-hydrogen) atoms. The van der Waals surface area contributed by atoms with Gasteiger partial charge in [-0.05, 0) is 55.1 Å². The van der Waals surface area contributed by atoms with Gasteiger partial charge >= 0.3 is 0 Å². The summed E-state index contributed by atoms with van der Waals surface area (Å²) in [7, 11) is 1.68. The third kappa shape index (κ3) is 3.75. The Hall–Kier alpha value is -2.77. The Morgan fingerprint density at radius 2 is 2.14 bits per heavy atom. The van der Waals surface area contributed by atoms with Gasteiger partial charge in [0.05, 0.1) is 24.4 Å². The van der Waals surface area contributed by atoms with Gasteiger partial charge < -0.3 is 9.15 Å². The van der Waals surface area contributed by atoms with E-state index in [0.717, 1.165) is 47.4 Å². The molecule has 4 heterocycles. The van der Waals surface area contributed by atoms with Crippen LogP contribution in [0.5, 0.6) is 5.75 Å². The highest BCUT2D eigenvalue weighted by Gasteiger charge is 2.29. The van der Waals surface area contributed by atoms with Crippen LogP contribution in [0.3, 0.4) is 0 Å². The van der Waals surface area contributed by atoms with Crippen LogP contribution in [0.2, 0.25) is 0 Å². The fraction of sp³-hybridized carbons (Fsp3) is 0.318. The monoisotopic (exact) mass is 406 g/mol. The number of hydrogen-bond acceptors (Lipinski definition) is 7. The molecule has 3 aromatic heterocycles. The molecule has 1 saturated heterocycles. The van der Waals surface area contributed by atoms with Crippen molar-refractivity contribution in [2.24, 2.45) is 0 Å². The molecule has 0 bridgehead atoms. The molecule has 148 valence electrons. The summed E-state index contributed by atoms with van der Waals surface area (Å²) >= 11 is 1.63. The molecule has 1 aliphatic rings. The number of benzene rings is 1. The van der Waals surface area contributed by atoms with E-state index in [4.69, 9.17) is 14.1 Å². The van der Waals surface area contributed by atoms with E-state index in [9.17, 15) is 0 Å². The van der Waals surface area contributed by atoms with Gasteiger partial charge in [-0.25, -0.2) is 0 Å². The largest absolute Gasteiger partial charge is 0.497 e. The maximum absolute atomic E-state index is 6.04. The van der Waals surface area contributed by atoms with Gasteiger partial charge in [0.15, 0.2) is 0 Å². The van der Waals surface area contributed by atoms with E-state index in [1.54, 1.807) is 18.4 Å². The van der Waals surface area contributed by atoms with Gasteiger partial charge in [-0.3, -0.25) is 9.88 Å². The molecule has 1 fully saturated rings. The first-order chi connectivity index (χ1) is 14.3. The molecule has 7 heteroatoms. The summed E-state index contributed by atoms with van der Waals surface area (Å²) < 4.78 is 11.3. The maximum Gasteiger partial charge on any atom is 0.248 e. The van der Waals surface area contributed by atoms with E-state index in [-0.39, 0.29) is 6.04 Å². The van der Waals surface area contributed by atoms with Crippen molar-refractivity contribution in [3.05, 3.63) is 58.7 Å². The standard InChI is InChI=1S/C22H22N4O2S/c1-27-18-7-8-19-15(12-18)5-6-17(23-19)13-26-10-3-2-4-20(26)22-25-24-21(28-22)16-9-11-29-14-16/h5-9,11-12,14,20H,2-4,10,13H2,1H3/t20-/m0/s1. The molecule has 0 saturated carbocycles. The van der Waals surface area contributed by atoms with Crippen LogP contribution in [0.4, 0.5) is 0 Å². The number of aromatic nitrogens is 3. The Bertz CT molecular complexity index is 1110. The second-order valence-corrected chi connectivity index (χ2v) is 8.08. The Balaban J connectivity index is 1.38. The number of rotatable bonds is 5. The van der Waals surface area contributed by atoms with Crippen molar-refractivity contribution < 1.29 is 9.15 Å². The number of methoxy groups -OCH3 is 1. The molecule has 5 rings (SSSR count). The summed E-state index contributed by atoms with van der Waals surface area (Å²) in [6, 6.07) is 12.3. The van der Waals surface area contributed by atoms with Crippen molar-refractivity contribution in [3.63, 3.8) is 0 Å². The van der Waals surface area contributed by atoms with Gasteiger partial charge in [0, 0.05) is 22.9 Å². The number of ether oxygens (including phenoxy) is 1. The highest BCUT2D eigenvalue weighted by atomic mass is 32.1. The number of nitrogens with zero attached hydrogens (tertiary/aromatic N) is 4. The van der Waals surface area contributed by atoms with Crippen molar-refractivity contribution in [1.82, 2.24) is 20.1 Å². The van der Waals surface area contributed by atoms with Crippen molar-refractivity contribution in [2.75, 3.05) is 13.7 Å². The fourth-order valence-electron chi connectivity index (χ4n) is 3.90. The molecule has 0 N–H and O–H groups in total. The van der Waals surface area contributed by atoms with Crippen molar-refractivity contribution >= 4 is 22.2 Å². The van der Waals surface area contributed by atoms with Gasteiger partial charge in [0.2, 0.25) is 11.8 Å². The molecular weight excluding hydrogens is 384 g/mol. The zero-order chi connectivity index (χ0) is 19.6. The molecule has 0 amide bonds. The van der Waals surface area contributed by atoms with E-state index in [2.05, 4.69) is 27.2 Å². The fourth-order valence-corrected chi connectivity index (χ4v) is 4.53. The minimum absolute atomic E-state index is 0.136. The summed E-state index contributed by atoms with van der Waals surface area (Å²) in [6.07, 6.45) is 3.37. The average molecular weight is 407 g/mol. The van der Waals surface area contributed by atoms with Crippen molar-refractivity contribution in [2.45, 2.75) is 31.8 Å². The van der Waals surface area contributed by atoms with Gasteiger partial charge in [0.1, 0.15) is 5.75 Å². The van der Waals surface area contributed by atoms with Crippen LogP contribution in [0.1, 0.15) is 36.9 Å². The minimum Gasteiger partial charge on any atom is -0.497 e. The van der Waals surface area contributed by atoms with E-state index < -0.39 is 0 Å². The first-order valence-corrected chi connectivity index (χ1v) is 10.8. The molecule has 6 nitrogen and oxygen atoms in total. The highest BCUT2D eigenvalue weighted by molar-refractivity contribution is 7.08. The number of thiophene rings is 1. The molecule has 0 unspecified atom stereocenters. The van der Waals surface area contributed by atoms with Crippen LogP contribution in [-0.4, -0.2) is 33.7 Å². The molecular formula is C22H22N4O2S. The Kier molecular flexibility index (Phi) is 4.99. The normalized spacial score (nSPS) is 17.6. The van der Waals surface area contributed by atoms with Crippen molar-refractivity contribution in [1.29, 1.82) is 0 Å². The summed E-state index contributed by atoms with van der Waals surface area (Å²) in [5.74, 6) is 2.15. The average Bonchev–Trinajstić information content (AvgIpc) is 3.46. The summed E-state index contributed by atoms with van der Waals surface area (Å²) in [6.45, 7) is 1.77. The highest BCUT2D eigenvalue weighted by Crippen LogP contribution is 2.33. The van der Waals surface area contributed by atoms with Crippen LogP contribution >= 0.6 is 11.3 Å². The summed E-state index contributed by atoms with van der Waals surface area (Å²) in [4.78, 5) is 7.27. The number of piperidine rings is 1. The zero-order valence-corrected chi connectivity index (χ0v) is 17.1. The van der Waals surface area contributed by atoms with E-state index >= 15 is 0 Å². The first-order valence-electron chi connectivity index (χ1n) is 9.84. The lowest BCUT2D eigenvalue weighted by Gasteiger charge is -2.33. The number of pyridine rings is 1. The lowest BCUT2D eigenvalue weighted by molar-refractivity contribution is 0.117. The van der Waals surface area contributed by atoms with E-state index in [1.165, 1.54) is 12.8 Å². The topological polar surface area (TPSA) is 64.3 Å². The van der Waals surface area contributed by atoms with Crippen LogP contribution in [0.15, 0.2) is 51.6 Å². The van der Waals surface area contributed by atoms with Crippen LogP contribution < -0.4 is 4.74 Å². The van der Waals surface area contributed by atoms with Crippen LogP contribution in [0.25, 0.3) is 22.4 Å². The summed E-state index contributed by atoms with van der Waals surface area (Å²) in [5, 5.41) is 13.8. The lowest BCUT2D eigenvalue weighted by Crippen LogP contribution is -2.33. The van der Waals surface area contributed by atoms with E-state index in [1.807, 2.05) is 35.0 Å². The summed E-state index contributed by atoms with van der Waals surface area (Å²) in [5.41, 5.74) is 3.02. The lowest BCUT2D eigenvalue weighted by atomic mass is 10.0. The maximum atomic E-state index is 6.04. The van der Waals surface area contributed by atoms with Gasteiger partial charge in [-0.15, -0.1) is 10.2 Å². The second-order valence-electron chi connectivity index (χ2n) is 7.30. The molecule has 1 atom stereocenters. The number of hydrogen-bond donors (Lipinski definition) is 0. The predicted molar refractivity (Wildman–Crippen MR) is 113 cm³/mol. The van der Waals surface area contributed by atoms with Gasteiger partial charge in [0.25, 0.3) is 0 Å². The minimum atomic E-state index is 0.136. The Labute approximate surface area is 173 Å². The van der Waals surface area contributed by atoms with E-state index in [0.29, 0.717) is 11.8 Å². The molecule has 0 radical (unpaired) electrons. The SMILES string of the molecule is COc1ccc2nc(CN3CCCC[C@H]3c3nnc(-c4ccsc4)o3)ccc2c1. The third-order valence-corrected chi connectivity index (χ3v) is 6.11. The Morgan fingerprint density at radius 1 is 1.17 bits per heavy atom. The predicted octanol–water partition coefficient (Wildman–Crippen LogP) is 5.08. The van der Waals surface area contributed by atoms with Crippen LogP contribution in [0, 0.1) is 0 Å². The number of likely N-dealkylation sites (tertiary alicyclic amines) is 1. The molecule has 0 aliphatic carbocycles. The molecule has 1 aliphatic heterocycles. The van der Waals surface area contributed by atoms with Crippen LogP contribution in [-0.2, 0) is 6.54 Å². The second kappa shape index (κ2) is 7.93. The van der Waals surface area contributed by atoms with Gasteiger partial charge in [-0.2, -0.15) is 11.3 Å². The number of fused-ring (bicyclic) bond motifs is 1. The first kappa shape index (κ1) is 18.3. The molecule has 1 aromatic carbocycles. The smallest absolute Gasteiger partial charge is 0.248 e.